The zero-order chi connectivity index (χ0) is 16.2. The van der Waals surface area contributed by atoms with E-state index in [4.69, 9.17) is 0 Å². The Morgan fingerprint density at radius 3 is 2.65 bits per heavy atom. The highest BCUT2D eigenvalue weighted by Crippen LogP contribution is 2.23. The predicted molar refractivity (Wildman–Crippen MR) is 94.2 cm³/mol. The lowest BCUT2D eigenvalue weighted by Crippen LogP contribution is -2.21. The van der Waals surface area contributed by atoms with E-state index in [1.807, 2.05) is 62.4 Å². The average molecular weight is 307 g/mol. The van der Waals surface area contributed by atoms with Crippen LogP contribution < -0.4 is 5.32 Å². The Labute approximate surface area is 136 Å². The highest BCUT2D eigenvalue weighted by molar-refractivity contribution is 5.93. The van der Waals surface area contributed by atoms with Crippen LogP contribution in [0, 0.1) is 5.92 Å². The minimum atomic E-state index is 0.0601. The number of carbonyl (C=O) groups excluding carboxylic acids is 1. The fourth-order valence-electron chi connectivity index (χ4n) is 2.74. The van der Waals surface area contributed by atoms with Crippen LogP contribution >= 0.6 is 0 Å². The lowest BCUT2D eigenvalue weighted by Gasteiger charge is -2.13. The maximum Gasteiger partial charge on any atom is 0.227 e. The molecule has 4 nitrogen and oxygen atoms in total. The van der Waals surface area contributed by atoms with Crippen LogP contribution in [0.3, 0.4) is 0 Å². The molecule has 4 heteroatoms. The maximum absolute atomic E-state index is 12.2. The summed E-state index contributed by atoms with van der Waals surface area (Å²) in [5.74, 6) is 0.950. The number of aromatic nitrogens is 2. The van der Waals surface area contributed by atoms with E-state index in [9.17, 15) is 4.79 Å². The van der Waals surface area contributed by atoms with Gasteiger partial charge in [-0.2, -0.15) is 0 Å². The number of hydrogen-bond donors (Lipinski definition) is 2. The molecule has 23 heavy (non-hydrogen) atoms. The first-order valence-corrected chi connectivity index (χ1v) is 8.07. The van der Waals surface area contributed by atoms with E-state index in [1.165, 1.54) is 0 Å². The molecule has 0 unspecified atom stereocenters. The molecule has 118 valence electrons. The largest absolute Gasteiger partial charge is 0.338 e. The van der Waals surface area contributed by atoms with Gasteiger partial charge in [-0.25, -0.2) is 4.98 Å². The third-order valence-electron chi connectivity index (χ3n) is 4.15. The topological polar surface area (TPSA) is 57.8 Å². The van der Waals surface area contributed by atoms with Crippen LogP contribution in [-0.2, 0) is 4.79 Å². The summed E-state index contributed by atoms with van der Waals surface area (Å²) in [6.07, 6.45) is 1.71. The van der Waals surface area contributed by atoms with Gasteiger partial charge in [-0.1, -0.05) is 38.1 Å². The number of anilines is 1. The van der Waals surface area contributed by atoms with Crippen LogP contribution in [0.15, 0.2) is 48.5 Å². The molecule has 0 aliphatic carbocycles. The van der Waals surface area contributed by atoms with Gasteiger partial charge in [0.15, 0.2) is 0 Å². The van der Waals surface area contributed by atoms with Gasteiger partial charge >= 0.3 is 0 Å². The Kier molecular flexibility index (Phi) is 4.42. The Hall–Kier alpha value is -2.62. The molecule has 2 aromatic carbocycles. The average Bonchev–Trinajstić information content (AvgIpc) is 3.00. The Balaban J connectivity index is 1.86. The van der Waals surface area contributed by atoms with Crippen LogP contribution in [0.4, 0.5) is 5.69 Å². The van der Waals surface area contributed by atoms with Crippen molar-refractivity contribution in [3.8, 4) is 11.4 Å². The lowest BCUT2D eigenvalue weighted by atomic mass is 10.0. The number of fused-ring (bicyclic) bond motifs is 1. The second-order valence-electron chi connectivity index (χ2n) is 5.69. The van der Waals surface area contributed by atoms with E-state index in [0.29, 0.717) is 0 Å². The molecule has 0 radical (unpaired) electrons. The van der Waals surface area contributed by atoms with Gasteiger partial charge in [-0.15, -0.1) is 0 Å². The van der Waals surface area contributed by atoms with Gasteiger partial charge in [0.2, 0.25) is 5.91 Å². The molecule has 3 rings (SSSR count). The number of aromatic amines is 1. The molecule has 3 aromatic rings. The van der Waals surface area contributed by atoms with Crippen molar-refractivity contribution in [3.05, 3.63) is 48.5 Å². The Bertz CT molecular complexity index is 785. The van der Waals surface area contributed by atoms with E-state index in [2.05, 4.69) is 15.3 Å². The molecule has 0 saturated carbocycles. The standard InChI is InChI=1S/C19H21N3O/c1-3-13(4-2)19(23)20-15-9-7-8-14(12-15)18-21-16-10-5-6-11-17(16)22-18/h5-13H,3-4H2,1-2H3,(H,20,23)(H,21,22). The van der Waals surface area contributed by atoms with Crippen molar-refractivity contribution in [1.29, 1.82) is 0 Å². The number of benzene rings is 2. The molecule has 0 aliphatic heterocycles. The van der Waals surface area contributed by atoms with Gasteiger partial charge in [0.1, 0.15) is 5.82 Å². The van der Waals surface area contributed by atoms with Crippen molar-refractivity contribution in [1.82, 2.24) is 9.97 Å². The fourth-order valence-corrected chi connectivity index (χ4v) is 2.74. The first-order valence-electron chi connectivity index (χ1n) is 8.07. The summed E-state index contributed by atoms with van der Waals surface area (Å²) in [7, 11) is 0. The van der Waals surface area contributed by atoms with E-state index in [1.54, 1.807) is 0 Å². The minimum Gasteiger partial charge on any atom is -0.338 e. The zero-order valence-corrected chi connectivity index (χ0v) is 13.5. The first kappa shape index (κ1) is 15.3. The summed E-state index contributed by atoms with van der Waals surface area (Å²) in [6.45, 7) is 4.08. The fraction of sp³-hybridized carbons (Fsp3) is 0.263. The summed E-state index contributed by atoms with van der Waals surface area (Å²) in [6, 6.07) is 15.7. The van der Waals surface area contributed by atoms with E-state index in [0.717, 1.165) is 41.0 Å². The number of carbonyl (C=O) groups is 1. The molecule has 0 saturated heterocycles. The van der Waals surface area contributed by atoms with Crippen molar-refractivity contribution >= 4 is 22.6 Å². The quantitative estimate of drug-likeness (QED) is 0.723. The normalized spacial score (nSPS) is 11.1. The number of nitrogens with one attached hydrogen (secondary N) is 2. The first-order chi connectivity index (χ1) is 11.2. The second-order valence-corrected chi connectivity index (χ2v) is 5.69. The maximum atomic E-state index is 12.2. The molecule has 0 bridgehead atoms. The summed E-state index contributed by atoms with van der Waals surface area (Å²) < 4.78 is 0. The number of para-hydroxylation sites is 2. The van der Waals surface area contributed by atoms with Crippen LogP contribution in [0.2, 0.25) is 0 Å². The van der Waals surface area contributed by atoms with Gasteiger partial charge < -0.3 is 10.3 Å². The van der Waals surface area contributed by atoms with Crippen LogP contribution in [0.1, 0.15) is 26.7 Å². The SMILES string of the molecule is CCC(CC)C(=O)Nc1cccc(-c2nc3ccccc3[nH]2)c1. The second kappa shape index (κ2) is 6.65. The van der Waals surface area contributed by atoms with E-state index < -0.39 is 0 Å². The third kappa shape index (κ3) is 3.26. The lowest BCUT2D eigenvalue weighted by molar-refractivity contribution is -0.120. The molecule has 0 atom stereocenters. The molecular formula is C19H21N3O. The number of H-pyrrole nitrogens is 1. The molecule has 0 fully saturated rings. The number of nitrogens with zero attached hydrogens (tertiary/aromatic N) is 1. The molecular weight excluding hydrogens is 286 g/mol. The van der Waals surface area contributed by atoms with Crippen molar-refractivity contribution in [2.45, 2.75) is 26.7 Å². The van der Waals surface area contributed by atoms with Crippen molar-refractivity contribution in [3.63, 3.8) is 0 Å². The Morgan fingerprint density at radius 1 is 1.13 bits per heavy atom. The summed E-state index contributed by atoms with van der Waals surface area (Å²) in [5, 5.41) is 3.01. The van der Waals surface area contributed by atoms with Gasteiger partial charge in [-0.05, 0) is 37.1 Å². The van der Waals surface area contributed by atoms with E-state index in [-0.39, 0.29) is 11.8 Å². The third-order valence-corrected chi connectivity index (χ3v) is 4.15. The minimum absolute atomic E-state index is 0.0601. The summed E-state index contributed by atoms with van der Waals surface area (Å²) >= 11 is 0. The molecule has 1 heterocycles. The van der Waals surface area contributed by atoms with Gasteiger partial charge in [0.05, 0.1) is 11.0 Å². The van der Waals surface area contributed by atoms with E-state index >= 15 is 0 Å². The zero-order valence-electron chi connectivity index (χ0n) is 13.5. The number of hydrogen-bond acceptors (Lipinski definition) is 2. The van der Waals surface area contributed by atoms with Gasteiger partial charge in [0, 0.05) is 17.2 Å². The molecule has 0 aliphatic rings. The predicted octanol–water partition coefficient (Wildman–Crippen LogP) is 4.60. The van der Waals surface area contributed by atoms with Gasteiger partial charge in [0.25, 0.3) is 0 Å². The van der Waals surface area contributed by atoms with Crippen molar-refractivity contribution in [2.75, 3.05) is 5.32 Å². The van der Waals surface area contributed by atoms with Crippen LogP contribution in [0.5, 0.6) is 0 Å². The van der Waals surface area contributed by atoms with Gasteiger partial charge in [-0.3, -0.25) is 4.79 Å². The van der Waals surface area contributed by atoms with Crippen LogP contribution in [-0.4, -0.2) is 15.9 Å². The van der Waals surface area contributed by atoms with Crippen LogP contribution in [0.25, 0.3) is 22.4 Å². The number of rotatable bonds is 5. The summed E-state index contributed by atoms with van der Waals surface area (Å²) in [5.41, 5.74) is 3.71. The smallest absolute Gasteiger partial charge is 0.227 e. The highest BCUT2D eigenvalue weighted by Gasteiger charge is 2.14. The van der Waals surface area contributed by atoms with Crippen molar-refractivity contribution in [2.24, 2.45) is 5.92 Å². The molecule has 0 spiro atoms. The monoisotopic (exact) mass is 307 g/mol. The number of imidazole rings is 1. The molecule has 1 amide bonds. The Morgan fingerprint density at radius 2 is 1.91 bits per heavy atom. The highest BCUT2D eigenvalue weighted by atomic mass is 16.1. The molecule has 2 N–H and O–H groups in total. The summed E-state index contributed by atoms with van der Waals surface area (Å²) in [4.78, 5) is 20.1. The number of amides is 1. The van der Waals surface area contributed by atoms with Crippen molar-refractivity contribution < 1.29 is 4.79 Å². The molecule has 1 aromatic heterocycles.